The molecule has 7 heteroatoms. The number of rotatable bonds is 6. The maximum Gasteiger partial charge on any atom is 0.275 e. The summed E-state index contributed by atoms with van der Waals surface area (Å²) in [7, 11) is 0. The van der Waals surface area contributed by atoms with Gasteiger partial charge < -0.3 is 15.4 Å². The van der Waals surface area contributed by atoms with Crippen molar-refractivity contribution in [1.29, 1.82) is 0 Å². The molecule has 0 atom stereocenters. The summed E-state index contributed by atoms with van der Waals surface area (Å²) in [5, 5.41) is 8.02. The van der Waals surface area contributed by atoms with Gasteiger partial charge in [0.25, 0.3) is 5.91 Å². The summed E-state index contributed by atoms with van der Waals surface area (Å²) in [4.78, 5) is 28.5. The quantitative estimate of drug-likeness (QED) is 0.632. The van der Waals surface area contributed by atoms with E-state index in [4.69, 9.17) is 4.74 Å². The molecule has 0 unspecified atom stereocenters. The predicted molar refractivity (Wildman–Crippen MR) is 112 cm³/mol. The lowest BCUT2D eigenvalue weighted by molar-refractivity contribution is -0.114. The Morgan fingerprint density at radius 3 is 2.50 bits per heavy atom. The first kappa shape index (κ1) is 19.6. The molecule has 3 aromatic rings. The van der Waals surface area contributed by atoms with Gasteiger partial charge in [-0.25, -0.2) is 4.98 Å². The number of anilines is 2. The molecule has 0 radical (unpaired) electrons. The van der Waals surface area contributed by atoms with E-state index in [1.807, 2.05) is 50.2 Å². The largest absolute Gasteiger partial charge is 0.494 e. The van der Waals surface area contributed by atoms with Crippen LogP contribution < -0.4 is 15.4 Å². The van der Waals surface area contributed by atoms with Crippen molar-refractivity contribution in [2.24, 2.45) is 0 Å². The smallest absolute Gasteiger partial charge is 0.275 e. The van der Waals surface area contributed by atoms with E-state index in [-0.39, 0.29) is 11.8 Å². The van der Waals surface area contributed by atoms with E-state index in [9.17, 15) is 9.59 Å². The third kappa shape index (κ3) is 4.75. The van der Waals surface area contributed by atoms with E-state index in [0.29, 0.717) is 23.7 Å². The zero-order valence-electron chi connectivity index (χ0n) is 15.9. The van der Waals surface area contributed by atoms with Crippen molar-refractivity contribution in [3.05, 3.63) is 59.1 Å². The number of benzene rings is 2. The van der Waals surface area contributed by atoms with Gasteiger partial charge in [-0.3, -0.25) is 9.59 Å². The highest BCUT2D eigenvalue weighted by Crippen LogP contribution is 2.27. The van der Waals surface area contributed by atoms with Crippen LogP contribution in [0.1, 0.15) is 29.9 Å². The Hall–Kier alpha value is -3.19. The summed E-state index contributed by atoms with van der Waals surface area (Å²) >= 11 is 1.40. The summed E-state index contributed by atoms with van der Waals surface area (Å²) < 4.78 is 5.44. The number of amides is 2. The summed E-state index contributed by atoms with van der Waals surface area (Å²) in [6.45, 7) is 5.89. The van der Waals surface area contributed by atoms with Gasteiger partial charge in [0, 0.05) is 17.9 Å². The Morgan fingerprint density at radius 1 is 1.07 bits per heavy atom. The first-order valence-corrected chi connectivity index (χ1v) is 9.72. The molecule has 1 aromatic heterocycles. The molecule has 2 aromatic carbocycles. The van der Waals surface area contributed by atoms with Gasteiger partial charge in [0.05, 0.1) is 18.0 Å². The van der Waals surface area contributed by atoms with E-state index >= 15 is 0 Å². The van der Waals surface area contributed by atoms with Crippen molar-refractivity contribution < 1.29 is 14.3 Å². The summed E-state index contributed by atoms with van der Waals surface area (Å²) in [5.74, 6) is 0.266. The molecule has 0 saturated carbocycles. The topological polar surface area (TPSA) is 80.3 Å². The molecule has 0 fully saturated rings. The third-order valence-electron chi connectivity index (χ3n) is 3.88. The van der Waals surface area contributed by atoms with Crippen molar-refractivity contribution in [3.8, 4) is 16.3 Å². The molecular formula is C21H21N3O3S. The number of aromatic nitrogens is 1. The molecule has 0 bridgehead atoms. The Labute approximate surface area is 167 Å². The molecule has 1 heterocycles. The highest BCUT2D eigenvalue weighted by molar-refractivity contribution is 7.13. The second-order valence-electron chi connectivity index (χ2n) is 6.18. The fourth-order valence-corrected chi connectivity index (χ4v) is 3.42. The van der Waals surface area contributed by atoms with Crippen molar-refractivity contribution in [1.82, 2.24) is 4.98 Å². The number of hydrogen-bond acceptors (Lipinski definition) is 5. The van der Waals surface area contributed by atoms with Crippen molar-refractivity contribution in [3.63, 3.8) is 0 Å². The van der Waals surface area contributed by atoms with Gasteiger partial charge in [0.1, 0.15) is 16.5 Å². The molecule has 28 heavy (non-hydrogen) atoms. The molecule has 6 nitrogen and oxygen atoms in total. The molecule has 0 saturated heterocycles. The van der Waals surface area contributed by atoms with E-state index in [1.54, 1.807) is 11.4 Å². The zero-order chi connectivity index (χ0) is 20.1. The van der Waals surface area contributed by atoms with Crippen molar-refractivity contribution in [2.45, 2.75) is 20.8 Å². The van der Waals surface area contributed by atoms with Gasteiger partial charge in [0.15, 0.2) is 0 Å². The molecule has 0 aliphatic heterocycles. The number of nitrogens with zero attached hydrogens (tertiary/aromatic N) is 1. The molecule has 0 aliphatic rings. The van der Waals surface area contributed by atoms with Crippen LogP contribution in [0.2, 0.25) is 0 Å². The lowest BCUT2D eigenvalue weighted by Crippen LogP contribution is -2.15. The minimum atomic E-state index is -0.328. The van der Waals surface area contributed by atoms with E-state index < -0.39 is 0 Å². The Kier molecular flexibility index (Phi) is 6.06. The SMILES string of the molecule is CCOc1ccc(-c2nc(C(=O)Nc3cc(C)ccc3NC(C)=O)cs2)cc1. The number of carbonyl (C=O) groups is 2. The minimum Gasteiger partial charge on any atom is -0.494 e. The summed E-state index contributed by atoms with van der Waals surface area (Å²) in [5.41, 5.74) is 3.30. The van der Waals surface area contributed by atoms with Gasteiger partial charge in [-0.1, -0.05) is 6.07 Å². The van der Waals surface area contributed by atoms with Crippen LogP contribution >= 0.6 is 11.3 Å². The molecular weight excluding hydrogens is 374 g/mol. The van der Waals surface area contributed by atoms with Gasteiger partial charge in [-0.2, -0.15) is 0 Å². The number of aryl methyl sites for hydroxylation is 1. The second kappa shape index (κ2) is 8.67. The first-order chi connectivity index (χ1) is 13.5. The number of carbonyl (C=O) groups excluding carboxylic acids is 2. The zero-order valence-corrected chi connectivity index (χ0v) is 16.7. The summed E-state index contributed by atoms with van der Waals surface area (Å²) in [6.07, 6.45) is 0. The standard InChI is InChI=1S/C21H21N3O3S/c1-4-27-16-8-6-15(7-9-16)21-24-19(12-28-21)20(26)23-18-11-13(2)5-10-17(18)22-14(3)25/h5-12H,4H2,1-3H3,(H,22,25)(H,23,26). The molecule has 3 rings (SSSR count). The van der Waals surface area contributed by atoms with Crippen LogP contribution in [0.5, 0.6) is 5.75 Å². The maximum absolute atomic E-state index is 12.6. The predicted octanol–water partition coefficient (Wildman–Crippen LogP) is 4.73. The Morgan fingerprint density at radius 2 is 1.82 bits per heavy atom. The van der Waals surface area contributed by atoms with Gasteiger partial charge in [-0.15, -0.1) is 11.3 Å². The van der Waals surface area contributed by atoms with Crippen molar-refractivity contribution >= 4 is 34.5 Å². The van der Waals surface area contributed by atoms with Crippen molar-refractivity contribution in [2.75, 3.05) is 17.2 Å². The normalized spacial score (nSPS) is 10.4. The van der Waals surface area contributed by atoms with Gasteiger partial charge >= 0.3 is 0 Å². The second-order valence-corrected chi connectivity index (χ2v) is 7.04. The highest BCUT2D eigenvalue weighted by Gasteiger charge is 2.14. The van der Waals surface area contributed by atoms with Crippen LogP contribution in [0.4, 0.5) is 11.4 Å². The van der Waals surface area contributed by atoms with Crippen LogP contribution in [0.25, 0.3) is 10.6 Å². The fraction of sp³-hybridized carbons (Fsp3) is 0.190. The minimum absolute atomic E-state index is 0.203. The van der Waals surface area contributed by atoms with Crippen LogP contribution in [0.15, 0.2) is 47.8 Å². The van der Waals surface area contributed by atoms with Gasteiger partial charge in [-0.05, 0) is 55.8 Å². The molecule has 2 N–H and O–H groups in total. The average molecular weight is 395 g/mol. The lowest BCUT2D eigenvalue weighted by atomic mass is 10.2. The molecule has 0 aliphatic carbocycles. The third-order valence-corrected chi connectivity index (χ3v) is 4.77. The van der Waals surface area contributed by atoms with Crippen LogP contribution in [0, 0.1) is 6.92 Å². The Bertz CT molecular complexity index is 996. The Balaban J connectivity index is 1.78. The van der Waals surface area contributed by atoms with Crippen LogP contribution in [-0.4, -0.2) is 23.4 Å². The van der Waals surface area contributed by atoms with E-state index in [1.165, 1.54) is 18.3 Å². The monoisotopic (exact) mass is 395 g/mol. The number of hydrogen-bond donors (Lipinski definition) is 2. The number of ether oxygens (including phenoxy) is 1. The maximum atomic E-state index is 12.6. The van der Waals surface area contributed by atoms with Crippen LogP contribution in [0.3, 0.4) is 0 Å². The summed E-state index contributed by atoms with van der Waals surface area (Å²) in [6, 6.07) is 13.0. The first-order valence-electron chi connectivity index (χ1n) is 8.84. The van der Waals surface area contributed by atoms with E-state index in [0.717, 1.165) is 21.9 Å². The average Bonchev–Trinajstić information content (AvgIpc) is 3.15. The highest BCUT2D eigenvalue weighted by atomic mass is 32.1. The van der Waals surface area contributed by atoms with Gasteiger partial charge in [0.2, 0.25) is 5.91 Å². The molecule has 0 spiro atoms. The number of nitrogens with one attached hydrogen (secondary N) is 2. The fourth-order valence-electron chi connectivity index (χ4n) is 2.62. The molecule has 144 valence electrons. The van der Waals surface area contributed by atoms with E-state index in [2.05, 4.69) is 15.6 Å². The molecule has 2 amide bonds. The lowest BCUT2D eigenvalue weighted by Gasteiger charge is -2.11. The van der Waals surface area contributed by atoms with Crippen LogP contribution in [-0.2, 0) is 4.79 Å². The number of thiazole rings is 1.